The van der Waals surface area contributed by atoms with Crippen molar-refractivity contribution in [3.8, 4) is 0 Å². The van der Waals surface area contributed by atoms with Gasteiger partial charge >= 0.3 is 0 Å². The average Bonchev–Trinajstić information content (AvgIpc) is 2.59. The van der Waals surface area contributed by atoms with Crippen LogP contribution in [0.4, 0.5) is 0 Å². The molecule has 0 aromatic heterocycles. The molecule has 0 spiro atoms. The quantitative estimate of drug-likeness (QED) is 0.829. The van der Waals surface area contributed by atoms with Gasteiger partial charge < -0.3 is 10.6 Å². The molecule has 96 valence electrons. The highest BCUT2D eigenvalue weighted by Gasteiger charge is 2.32. The SMILES string of the molecule is O=C(NC1CCCNCC1)C1Cc2ccccc21. The molecule has 1 heterocycles. The number of hydrogen-bond acceptors (Lipinski definition) is 2. The number of nitrogens with one attached hydrogen (secondary N) is 2. The van der Waals surface area contributed by atoms with Crippen molar-refractivity contribution < 1.29 is 4.79 Å². The maximum Gasteiger partial charge on any atom is 0.228 e. The van der Waals surface area contributed by atoms with E-state index in [0.717, 1.165) is 38.8 Å². The standard InChI is InChI=1S/C15H20N2O/c18-15(17-12-5-3-8-16-9-7-12)14-10-11-4-1-2-6-13(11)14/h1-2,4,6,12,14,16H,3,5,7-10H2,(H,17,18). The highest BCUT2D eigenvalue weighted by atomic mass is 16.2. The van der Waals surface area contributed by atoms with Crippen molar-refractivity contribution in [2.45, 2.75) is 37.6 Å². The van der Waals surface area contributed by atoms with Crippen molar-refractivity contribution in [3.05, 3.63) is 35.4 Å². The molecule has 0 bridgehead atoms. The third-order valence-corrected chi connectivity index (χ3v) is 4.09. The first kappa shape index (κ1) is 11.7. The van der Waals surface area contributed by atoms with Gasteiger partial charge in [0.05, 0.1) is 5.92 Å². The number of hydrogen-bond donors (Lipinski definition) is 2. The number of carbonyl (C=O) groups excluding carboxylic acids is 1. The van der Waals surface area contributed by atoms with Gasteiger partial charge in [-0.25, -0.2) is 0 Å². The molecular weight excluding hydrogens is 224 g/mol. The number of fused-ring (bicyclic) bond motifs is 1. The van der Waals surface area contributed by atoms with Gasteiger partial charge in [-0.15, -0.1) is 0 Å². The Morgan fingerprint density at radius 1 is 1.22 bits per heavy atom. The average molecular weight is 244 g/mol. The smallest absolute Gasteiger partial charge is 0.228 e. The van der Waals surface area contributed by atoms with Gasteiger partial charge in [-0.3, -0.25) is 4.79 Å². The van der Waals surface area contributed by atoms with Crippen LogP contribution in [0.15, 0.2) is 24.3 Å². The van der Waals surface area contributed by atoms with Crippen molar-refractivity contribution in [3.63, 3.8) is 0 Å². The second-order valence-corrected chi connectivity index (χ2v) is 5.34. The fourth-order valence-electron chi connectivity index (χ4n) is 2.96. The molecule has 3 heteroatoms. The van der Waals surface area contributed by atoms with Gasteiger partial charge in [0.25, 0.3) is 0 Å². The first-order chi connectivity index (χ1) is 8.84. The maximum absolute atomic E-state index is 12.2. The lowest BCUT2D eigenvalue weighted by Crippen LogP contribution is -2.41. The molecule has 2 N–H and O–H groups in total. The van der Waals surface area contributed by atoms with Crippen LogP contribution in [0.5, 0.6) is 0 Å². The van der Waals surface area contributed by atoms with E-state index < -0.39 is 0 Å². The minimum absolute atomic E-state index is 0.0948. The predicted molar refractivity (Wildman–Crippen MR) is 71.5 cm³/mol. The van der Waals surface area contributed by atoms with E-state index >= 15 is 0 Å². The Kier molecular flexibility index (Phi) is 3.33. The summed E-state index contributed by atoms with van der Waals surface area (Å²) in [7, 11) is 0. The van der Waals surface area contributed by atoms with E-state index in [-0.39, 0.29) is 11.8 Å². The number of rotatable bonds is 2. The van der Waals surface area contributed by atoms with Gasteiger partial charge in [0.1, 0.15) is 0 Å². The van der Waals surface area contributed by atoms with E-state index in [1.54, 1.807) is 0 Å². The first-order valence-corrected chi connectivity index (χ1v) is 6.93. The molecule has 1 aromatic rings. The lowest BCUT2D eigenvalue weighted by atomic mass is 9.77. The molecular formula is C15H20N2O. The van der Waals surface area contributed by atoms with E-state index in [1.807, 2.05) is 12.1 Å². The largest absolute Gasteiger partial charge is 0.353 e. The van der Waals surface area contributed by atoms with Crippen molar-refractivity contribution in [2.75, 3.05) is 13.1 Å². The van der Waals surface area contributed by atoms with Gasteiger partial charge in [-0.2, -0.15) is 0 Å². The van der Waals surface area contributed by atoms with Gasteiger partial charge in [0.2, 0.25) is 5.91 Å². The Balaban J connectivity index is 1.60. The van der Waals surface area contributed by atoms with Crippen LogP contribution in [-0.4, -0.2) is 25.0 Å². The van der Waals surface area contributed by atoms with Crippen LogP contribution in [0.3, 0.4) is 0 Å². The lowest BCUT2D eigenvalue weighted by molar-refractivity contribution is -0.123. The molecule has 1 amide bonds. The zero-order valence-electron chi connectivity index (χ0n) is 10.6. The van der Waals surface area contributed by atoms with E-state index in [0.29, 0.717) is 6.04 Å². The van der Waals surface area contributed by atoms with Crippen LogP contribution in [0.2, 0.25) is 0 Å². The number of amides is 1. The Morgan fingerprint density at radius 2 is 2.11 bits per heavy atom. The summed E-state index contributed by atoms with van der Waals surface area (Å²) in [6.07, 6.45) is 4.23. The van der Waals surface area contributed by atoms with E-state index in [1.165, 1.54) is 11.1 Å². The molecule has 1 fully saturated rings. The van der Waals surface area contributed by atoms with E-state index in [4.69, 9.17) is 0 Å². The summed E-state index contributed by atoms with van der Waals surface area (Å²) >= 11 is 0. The number of benzene rings is 1. The molecule has 0 radical (unpaired) electrons. The minimum atomic E-state index is 0.0948. The molecule has 1 saturated heterocycles. The highest BCUT2D eigenvalue weighted by Crippen LogP contribution is 2.34. The third-order valence-electron chi connectivity index (χ3n) is 4.09. The van der Waals surface area contributed by atoms with Crippen molar-refractivity contribution in [1.29, 1.82) is 0 Å². The fourth-order valence-corrected chi connectivity index (χ4v) is 2.96. The Bertz CT molecular complexity index is 436. The maximum atomic E-state index is 12.2. The van der Waals surface area contributed by atoms with Crippen LogP contribution in [0.25, 0.3) is 0 Å². The lowest BCUT2D eigenvalue weighted by Gasteiger charge is -2.30. The van der Waals surface area contributed by atoms with Gasteiger partial charge in [0.15, 0.2) is 0 Å². The molecule has 1 aliphatic carbocycles. The molecule has 1 aromatic carbocycles. The fraction of sp³-hybridized carbons (Fsp3) is 0.533. The molecule has 2 aliphatic rings. The van der Waals surface area contributed by atoms with Crippen LogP contribution in [-0.2, 0) is 11.2 Å². The van der Waals surface area contributed by atoms with Gasteiger partial charge in [-0.05, 0) is 49.9 Å². The molecule has 3 rings (SSSR count). The van der Waals surface area contributed by atoms with Crippen LogP contribution >= 0.6 is 0 Å². The summed E-state index contributed by atoms with van der Waals surface area (Å²) in [5, 5.41) is 6.59. The predicted octanol–water partition coefficient (Wildman–Crippen LogP) is 1.58. The van der Waals surface area contributed by atoms with Crippen molar-refractivity contribution in [2.24, 2.45) is 0 Å². The zero-order valence-corrected chi connectivity index (χ0v) is 10.6. The van der Waals surface area contributed by atoms with E-state index in [2.05, 4.69) is 22.8 Å². The van der Waals surface area contributed by atoms with Crippen molar-refractivity contribution >= 4 is 5.91 Å². The normalized spacial score (nSPS) is 26.7. The third kappa shape index (κ3) is 2.27. The minimum Gasteiger partial charge on any atom is -0.353 e. The van der Waals surface area contributed by atoms with Gasteiger partial charge in [-0.1, -0.05) is 24.3 Å². The summed E-state index contributed by atoms with van der Waals surface area (Å²) in [5.41, 5.74) is 2.56. The molecule has 2 unspecified atom stereocenters. The summed E-state index contributed by atoms with van der Waals surface area (Å²) < 4.78 is 0. The number of carbonyl (C=O) groups is 1. The van der Waals surface area contributed by atoms with Crippen LogP contribution < -0.4 is 10.6 Å². The second-order valence-electron chi connectivity index (χ2n) is 5.34. The van der Waals surface area contributed by atoms with Crippen molar-refractivity contribution in [1.82, 2.24) is 10.6 Å². The van der Waals surface area contributed by atoms with Crippen LogP contribution in [0, 0.1) is 0 Å². The topological polar surface area (TPSA) is 41.1 Å². The van der Waals surface area contributed by atoms with Gasteiger partial charge in [0, 0.05) is 6.04 Å². The Hall–Kier alpha value is -1.35. The molecule has 0 saturated carbocycles. The monoisotopic (exact) mass is 244 g/mol. The summed E-state index contributed by atoms with van der Waals surface area (Å²) in [5.74, 6) is 0.318. The van der Waals surface area contributed by atoms with E-state index in [9.17, 15) is 4.79 Å². The molecule has 2 atom stereocenters. The summed E-state index contributed by atoms with van der Waals surface area (Å²) in [4.78, 5) is 12.2. The van der Waals surface area contributed by atoms with Crippen LogP contribution in [0.1, 0.15) is 36.3 Å². The highest BCUT2D eigenvalue weighted by molar-refractivity contribution is 5.87. The second kappa shape index (κ2) is 5.11. The molecule has 18 heavy (non-hydrogen) atoms. The molecule has 1 aliphatic heterocycles. The first-order valence-electron chi connectivity index (χ1n) is 6.93. The molecule has 3 nitrogen and oxygen atoms in total. The summed E-state index contributed by atoms with van der Waals surface area (Å²) in [6, 6.07) is 8.63. The Morgan fingerprint density at radius 3 is 3.00 bits per heavy atom. The summed E-state index contributed by atoms with van der Waals surface area (Å²) in [6.45, 7) is 2.10. The Labute approximate surface area is 108 Å². The zero-order chi connectivity index (χ0) is 12.4.